The second kappa shape index (κ2) is 6.04. The van der Waals surface area contributed by atoms with E-state index in [2.05, 4.69) is 22.8 Å². The minimum Gasteiger partial charge on any atom is -0.353 e. The van der Waals surface area contributed by atoms with Crippen molar-refractivity contribution in [1.82, 2.24) is 10.6 Å². The Hall–Kier alpha value is -0.830. The lowest BCUT2D eigenvalue weighted by molar-refractivity contribution is -0.121. The lowest BCUT2D eigenvalue weighted by Crippen LogP contribution is -2.31. The van der Waals surface area contributed by atoms with Gasteiger partial charge in [0.05, 0.1) is 0 Å². The molecule has 2 N–H and O–H groups in total. The fraction of sp³-hybridized carbons (Fsp3) is 0.769. The summed E-state index contributed by atoms with van der Waals surface area (Å²) in [5.41, 5.74) is 0. The van der Waals surface area contributed by atoms with E-state index in [1.807, 2.05) is 0 Å². The summed E-state index contributed by atoms with van der Waals surface area (Å²) in [6.45, 7) is 0.951. The van der Waals surface area contributed by atoms with Crippen LogP contribution >= 0.6 is 0 Å². The first kappa shape index (κ1) is 11.6. The molecule has 3 heteroatoms. The Balaban J connectivity index is 1.48. The quantitative estimate of drug-likeness (QED) is 0.531. The topological polar surface area (TPSA) is 41.1 Å². The molecule has 90 valence electrons. The smallest absolute Gasteiger partial charge is 0.220 e. The lowest BCUT2D eigenvalue weighted by atomic mass is 10.0. The fourth-order valence-electron chi connectivity index (χ4n) is 2.05. The maximum absolute atomic E-state index is 11.4. The summed E-state index contributed by atoms with van der Waals surface area (Å²) < 4.78 is 0. The molecule has 1 atom stereocenters. The predicted octanol–water partition coefficient (Wildman–Crippen LogP) is 1.74. The Labute approximate surface area is 97.7 Å². The number of allylic oxidation sites excluding steroid dienone is 1. The SMILES string of the molecule is O=C(CCCNC1C=CCCC1)NC1CC1. The molecule has 2 aliphatic rings. The molecule has 0 heterocycles. The highest BCUT2D eigenvalue weighted by Crippen LogP contribution is 2.18. The Bertz CT molecular complexity index is 259. The van der Waals surface area contributed by atoms with Crippen molar-refractivity contribution in [2.45, 2.75) is 57.0 Å². The molecular formula is C13H22N2O. The molecule has 3 nitrogen and oxygen atoms in total. The van der Waals surface area contributed by atoms with Crippen molar-refractivity contribution in [2.75, 3.05) is 6.54 Å². The van der Waals surface area contributed by atoms with E-state index in [4.69, 9.17) is 0 Å². The van der Waals surface area contributed by atoms with Crippen LogP contribution in [0.2, 0.25) is 0 Å². The monoisotopic (exact) mass is 222 g/mol. The summed E-state index contributed by atoms with van der Waals surface area (Å²) in [6, 6.07) is 1.04. The Morgan fingerprint density at radius 1 is 1.31 bits per heavy atom. The van der Waals surface area contributed by atoms with Crippen molar-refractivity contribution in [3.8, 4) is 0 Å². The van der Waals surface area contributed by atoms with Crippen LogP contribution < -0.4 is 10.6 Å². The molecule has 0 aromatic carbocycles. The predicted molar refractivity (Wildman–Crippen MR) is 65.2 cm³/mol. The van der Waals surface area contributed by atoms with Gasteiger partial charge in [0.1, 0.15) is 0 Å². The Kier molecular flexibility index (Phi) is 4.40. The number of nitrogens with one attached hydrogen (secondary N) is 2. The molecule has 0 saturated heterocycles. The number of carbonyl (C=O) groups excluding carboxylic acids is 1. The minimum atomic E-state index is 0.225. The molecule has 0 aliphatic heterocycles. The summed E-state index contributed by atoms with van der Waals surface area (Å²) in [5.74, 6) is 0.225. The molecule has 2 rings (SSSR count). The zero-order valence-electron chi connectivity index (χ0n) is 9.87. The van der Waals surface area contributed by atoms with E-state index in [0.29, 0.717) is 18.5 Å². The lowest BCUT2D eigenvalue weighted by Gasteiger charge is -2.17. The summed E-state index contributed by atoms with van der Waals surface area (Å²) in [7, 11) is 0. The molecule has 2 aliphatic carbocycles. The van der Waals surface area contributed by atoms with Gasteiger partial charge in [-0.2, -0.15) is 0 Å². The van der Waals surface area contributed by atoms with E-state index < -0.39 is 0 Å². The average Bonchev–Trinajstić information content (AvgIpc) is 3.10. The molecule has 0 aromatic heterocycles. The number of amides is 1. The van der Waals surface area contributed by atoms with E-state index in [-0.39, 0.29) is 5.91 Å². The normalized spacial score (nSPS) is 24.4. The van der Waals surface area contributed by atoms with Gasteiger partial charge in [-0.1, -0.05) is 12.2 Å². The van der Waals surface area contributed by atoms with Crippen LogP contribution in [-0.2, 0) is 4.79 Å². The highest BCUT2D eigenvalue weighted by molar-refractivity contribution is 5.76. The first-order valence-corrected chi connectivity index (χ1v) is 6.54. The third-order valence-electron chi connectivity index (χ3n) is 3.18. The Morgan fingerprint density at radius 3 is 2.88 bits per heavy atom. The van der Waals surface area contributed by atoms with Crippen LogP contribution in [-0.4, -0.2) is 24.5 Å². The number of rotatable bonds is 6. The van der Waals surface area contributed by atoms with Crippen molar-refractivity contribution < 1.29 is 4.79 Å². The van der Waals surface area contributed by atoms with Gasteiger partial charge in [-0.05, 0) is 45.1 Å². The molecule has 16 heavy (non-hydrogen) atoms. The maximum atomic E-state index is 11.4. The van der Waals surface area contributed by atoms with Crippen LogP contribution in [0.1, 0.15) is 44.9 Å². The van der Waals surface area contributed by atoms with Crippen molar-refractivity contribution in [2.24, 2.45) is 0 Å². The van der Waals surface area contributed by atoms with Gasteiger partial charge in [-0.25, -0.2) is 0 Å². The minimum absolute atomic E-state index is 0.225. The zero-order chi connectivity index (χ0) is 11.2. The number of hydrogen-bond acceptors (Lipinski definition) is 2. The van der Waals surface area contributed by atoms with Crippen molar-refractivity contribution in [1.29, 1.82) is 0 Å². The van der Waals surface area contributed by atoms with E-state index in [1.54, 1.807) is 0 Å². The summed E-state index contributed by atoms with van der Waals surface area (Å²) in [4.78, 5) is 11.4. The third-order valence-corrected chi connectivity index (χ3v) is 3.18. The molecule has 1 saturated carbocycles. The molecular weight excluding hydrogens is 200 g/mol. The fourth-order valence-corrected chi connectivity index (χ4v) is 2.05. The highest BCUT2D eigenvalue weighted by Gasteiger charge is 2.22. The zero-order valence-corrected chi connectivity index (χ0v) is 9.87. The van der Waals surface area contributed by atoms with Crippen LogP contribution in [0.4, 0.5) is 0 Å². The molecule has 0 aromatic rings. The van der Waals surface area contributed by atoms with Crippen molar-refractivity contribution in [3.05, 3.63) is 12.2 Å². The number of hydrogen-bond donors (Lipinski definition) is 2. The highest BCUT2D eigenvalue weighted by atomic mass is 16.1. The van der Waals surface area contributed by atoms with Gasteiger partial charge in [-0.3, -0.25) is 4.79 Å². The maximum Gasteiger partial charge on any atom is 0.220 e. The number of carbonyl (C=O) groups is 1. The second-order valence-corrected chi connectivity index (χ2v) is 4.87. The average molecular weight is 222 g/mol. The van der Waals surface area contributed by atoms with E-state index >= 15 is 0 Å². The molecule has 1 amide bonds. The third kappa shape index (κ3) is 4.35. The van der Waals surface area contributed by atoms with E-state index in [0.717, 1.165) is 13.0 Å². The molecule has 0 bridgehead atoms. The van der Waals surface area contributed by atoms with Crippen LogP contribution in [0.3, 0.4) is 0 Å². The van der Waals surface area contributed by atoms with Crippen LogP contribution in [0.15, 0.2) is 12.2 Å². The van der Waals surface area contributed by atoms with E-state index in [9.17, 15) is 4.79 Å². The molecule has 0 radical (unpaired) electrons. The Morgan fingerprint density at radius 2 is 2.19 bits per heavy atom. The molecule has 1 unspecified atom stereocenters. The van der Waals surface area contributed by atoms with Crippen molar-refractivity contribution in [3.63, 3.8) is 0 Å². The van der Waals surface area contributed by atoms with Gasteiger partial charge in [0.2, 0.25) is 5.91 Å². The van der Waals surface area contributed by atoms with Crippen LogP contribution in [0, 0.1) is 0 Å². The van der Waals surface area contributed by atoms with Gasteiger partial charge in [0, 0.05) is 18.5 Å². The summed E-state index contributed by atoms with van der Waals surface area (Å²) >= 11 is 0. The first-order chi connectivity index (χ1) is 7.84. The van der Waals surface area contributed by atoms with Crippen LogP contribution in [0.5, 0.6) is 0 Å². The standard InChI is InChI=1S/C13H22N2O/c16-13(15-12-8-9-12)7-4-10-14-11-5-2-1-3-6-11/h2,5,11-12,14H,1,3-4,6-10H2,(H,15,16). The van der Waals surface area contributed by atoms with Crippen LogP contribution in [0.25, 0.3) is 0 Å². The van der Waals surface area contributed by atoms with Crippen molar-refractivity contribution >= 4 is 5.91 Å². The van der Waals surface area contributed by atoms with Gasteiger partial charge in [-0.15, -0.1) is 0 Å². The molecule has 1 fully saturated rings. The summed E-state index contributed by atoms with van der Waals surface area (Å²) in [5, 5.41) is 6.49. The van der Waals surface area contributed by atoms with Gasteiger partial charge >= 0.3 is 0 Å². The summed E-state index contributed by atoms with van der Waals surface area (Å²) in [6.07, 6.45) is 12.2. The van der Waals surface area contributed by atoms with E-state index in [1.165, 1.54) is 32.1 Å². The largest absolute Gasteiger partial charge is 0.353 e. The first-order valence-electron chi connectivity index (χ1n) is 6.54. The second-order valence-electron chi connectivity index (χ2n) is 4.87. The van der Waals surface area contributed by atoms with Gasteiger partial charge < -0.3 is 10.6 Å². The van der Waals surface area contributed by atoms with Gasteiger partial charge in [0.15, 0.2) is 0 Å². The van der Waals surface area contributed by atoms with Gasteiger partial charge in [0.25, 0.3) is 0 Å². The molecule has 0 spiro atoms.